The second kappa shape index (κ2) is 9.19. The number of ether oxygens (including phenoxy) is 3. The molecule has 1 N–H and O–H groups in total. The van der Waals surface area contributed by atoms with Gasteiger partial charge in [0.15, 0.2) is 11.5 Å². The number of amides is 1. The van der Waals surface area contributed by atoms with E-state index in [4.69, 9.17) is 14.2 Å². The maximum absolute atomic E-state index is 11.2. The molecule has 0 aliphatic heterocycles. The van der Waals surface area contributed by atoms with Gasteiger partial charge in [0.05, 0.1) is 19.9 Å². The number of carbonyl (C=O) groups is 1. The van der Waals surface area contributed by atoms with Crippen LogP contribution in [0.3, 0.4) is 0 Å². The lowest BCUT2D eigenvalue weighted by atomic mass is 10.2. The van der Waals surface area contributed by atoms with Crippen LogP contribution < -0.4 is 14.9 Å². The molecule has 0 saturated carbocycles. The van der Waals surface area contributed by atoms with Crippen molar-refractivity contribution in [2.45, 2.75) is 13.5 Å². The Hall–Kier alpha value is -3.02. The molecule has 0 radical (unpaired) electrons. The molecule has 0 heterocycles. The van der Waals surface area contributed by atoms with Crippen molar-refractivity contribution >= 4 is 12.3 Å². The molecule has 0 unspecified atom stereocenters. The van der Waals surface area contributed by atoms with E-state index in [-0.39, 0.29) is 0 Å². The van der Waals surface area contributed by atoms with Crippen molar-refractivity contribution < 1.29 is 19.0 Å². The molecule has 0 aromatic heterocycles. The van der Waals surface area contributed by atoms with Crippen molar-refractivity contribution in [2.24, 2.45) is 5.10 Å². The van der Waals surface area contributed by atoms with Gasteiger partial charge < -0.3 is 14.2 Å². The first-order valence-electron chi connectivity index (χ1n) is 7.53. The molecule has 0 fully saturated rings. The van der Waals surface area contributed by atoms with E-state index < -0.39 is 6.09 Å². The third kappa shape index (κ3) is 5.31. The molecule has 24 heavy (non-hydrogen) atoms. The Kier molecular flexibility index (Phi) is 6.64. The predicted molar refractivity (Wildman–Crippen MR) is 91.5 cm³/mol. The molecule has 6 heteroatoms. The number of rotatable bonds is 7. The van der Waals surface area contributed by atoms with Gasteiger partial charge in [-0.2, -0.15) is 5.10 Å². The molecule has 0 spiro atoms. The highest BCUT2D eigenvalue weighted by Gasteiger charge is 2.06. The second-order valence-electron chi connectivity index (χ2n) is 4.78. The molecule has 6 nitrogen and oxygen atoms in total. The minimum atomic E-state index is -0.595. The number of nitrogens with one attached hydrogen (secondary N) is 1. The van der Waals surface area contributed by atoms with Crippen molar-refractivity contribution in [1.82, 2.24) is 5.43 Å². The smallest absolute Gasteiger partial charge is 0.427 e. The highest BCUT2D eigenvalue weighted by atomic mass is 16.5. The summed E-state index contributed by atoms with van der Waals surface area (Å²) in [6, 6.07) is 15.2. The van der Waals surface area contributed by atoms with Crippen LogP contribution in [0.25, 0.3) is 0 Å². The van der Waals surface area contributed by atoms with E-state index in [1.165, 1.54) is 6.21 Å². The van der Waals surface area contributed by atoms with Crippen molar-refractivity contribution in [3.63, 3.8) is 0 Å². The largest absolute Gasteiger partial charge is 0.493 e. The van der Waals surface area contributed by atoms with Crippen molar-refractivity contribution in [3.8, 4) is 11.5 Å². The van der Waals surface area contributed by atoms with Crippen LogP contribution in [0.5, 0.6) is 11.5 Å². The third-order valence-corrected chi connectivity index (χ3v) is 3.07. The summed E-state index contributed by atoms with van der Waals surface area (Å²) in [5.74, 6) is 1.22. The van der Waals surface area contributed by atoms with Gasteiger partial charge in [-0.1, -0.05) is 30.3 Å². The van der Waals surface area contributed by atoms with Gasteiger partial charge in [0.2, 0.25) is 0 Å². The lowest BCUT2D eigenvalue weighted by molar-refractivity contribution is 0.152. The van der Waals surface area contributed by atoms with Crippen molar-refractivity contribution in [2.75, 3.05) is 13.7 Å². The Labute approximate surface area is 141 Å². The third-order valence-electron chi connectivity index (χ3n) is 3.07. The van der Waals surface area contributed by atoms with Gasteiger partial charge in [0.25, 0.3) is 0 Å². The summed E-state index contributed by atoms with van der Waals surface area (Å²) in [6.45, 7) is 2.45. The van der Waals surface area contributed by atoms with Crippen molar-refractivity contribution in [3.05, 3.63) is 59.7 Å². The molecule has 1 amide bonds. The van der Waals surface area contributed by atoms with Gasteiger partial charge in [0.1, 0.15) is 6.61 Å². The molecule has 0 bridgehead atoms. The molecule has 126 valence electrons. The summed E-state index contributed by atoms with van der Waals surface area (Å²) in [5.41, 5.74) is 4.09. The van der Waals surface area contributed by atoms with Gasteiger partial charge >= 0.3 is 6.09 Å². The molecule has 0 saturated heterocycles. The highest BCUT2D eigenvalue weighted by Crippen LogP contribution is 2.28. The summed E-state index contributed by atoms with van der Waals surface area (Å²) in [6.07, 6.45) is 0.911. The van der Waals surface area contributed by atoms with Gasteiger partial charge in [0, 0.05) is 0 Å². The average Bonchev–Trinajstić information content (AvgIpc) is 2.61. The van der Waals surface area contributed by atoms with Gasteiger partial charge in [-0.25, -0.2) is 10.2 Å². The maximum Gasteiger partial charge on any atom is 0.427 e. The maximum atomic E-state index is 11.2. The zero-order valence-electron chi connectivity index (χ0n) is 13.7. The SMILES string of the molecule is CCOC(=O)N/N=C\c1ccc(OC)c(OCc2ccccc2)c1. The molecular weight excluding hydrogens is 308 g/mol. The fourth-order valence-electron chi connectivity index (χ4n) is 1.94. The fourth-order valence-corrected chi connectivity index (χ4v) is 1.94. The van der Waals surface area contributed by atoms with Crippen molar-refractivity contribution in [1.29, 1.82) is 0 Å². The molecule has 0 aliphatic rings. The van der Waals surface area contributed by atoms with Crippen LogP contribution >= 0.6 is 0 Å². The molecule has 2 aromatic carbocycles. The molecule has 2 aromatic rings. The minimum absolute atomic E-state index is 0.293. The number of nitrogens with zero attached hydrogens (tertiary/aromatic N) is 1. The summed E-state index contributed by atoms with van der Waals surface area (Å²) < 4.78 is 15.8. The number of hydrazone groups is 1. The Morgan fingerprint density at radius 1 is 1.17 bits per heavy atom. The standard InChI is InChI=1S/C18H20N2O4/c1-3-23-18(21)20-19-12-15-9-10-16(22-2)17(11-15)24-13-14-7-5-4-6-8-14/h4-12H,3,13H2,1-2H3,(H,20,21)/b19-12-. The molecular formula is C18H20N2O4. The minimum Gasteiger partial charge on any atom is -0.493 e. The van der Waals surface area contributed by atoms with Crippen LogP contribution in [0.1, 0.15) is 18.1 Å². The van der Waals surface area contributed by atoms with E-state index in [1.807, 2.05) is 36.4 Å². The predicted octanol–water partition coefficient (Wildman–Crippen LogP) is 3.35. The number of hydrogen-bond donors (Lipinski definition) is 1. The van der Waals surface area contributed by atoms with Crippen LogP contribution in [-0.4, -0.2) is 26.0 Å². The normalized spacial score (nSPS) is 10.4. The van der Waals surface area contributed by atoms with Crippen LogP contribution in [0.2, 0.25) is 0 Å². The number of carbonyl (C=O) groups excluding carboxylic acids is 1. The lowest BCUT2D eigenvalue weighted by Gasteiger charge is -2.11. The van der Waals surface area contributed by atoms with E-state index in [0.717, 1.165) is 11.1 Å². The fraction of sp³-hybridized carbons (Fsp3) is 0.222. The Balaban J connectivity index is 2.03. The monoisotopic (exact) mass is 328 g/mol. The number of hydrogen-bond acceptors (Lipinski definition) is 5. The van der Waals surface area contributed by atoms with Crippen LogP contribution in [0.4, 0.5) is 4.79 Å². The quantitative estimate of drug-likeness (QED) is 0.625. The highest BCUT2D eigenvalue weighted by molar-refractivity contribution is 5.82. The topological polar surface area (TPSA) is 69.2 Å². The number of methoxy groups -OCH3 is 1. The Morgan fingerprint density at radius 3 is 2.67 bits per heavy atom. The molecule has 2 rings (SSSR count). The van der Waals surface area contributed by atoms with E-state index in [1.54, 1.807) is 26.2 Å². The van der Waals surface area contributed by atoms with E-state index in [2.05, 4.69) is 10.5 Å². The molecule has 0 atom stereocenters. The Bertz CT molecular complexity index is 687. The summed E-state index contributed by atoms with van der Waals surface area (Å²) in [4.78, 5) is 11.2. The van der Waals surface area contributed by atoms with E-state index in [9.17, 15) is 4.79 Å². The molecule has 0 aliphatic carbocycles. The van der Waals surface area contributed by atoms with Crippen LogP contribution in [0, 0.1) is 0 Å². The first-order chi connectivity index (χ1) is 11.7. The van der Waals surface area contributed by atoms with Gasteiger partial charge in [-0.3, -0.25) is 0 Å². The second-order valence-corrected chi connectivity index (χ2v) is 4.78. The van der Waals surface area contributed by atoms with Gasteiger partial charge in [-0.05, 0) is 36.2 Å². The average molecular weight is 328 g/mol. The first-order valence-corrected chi connectivity index (χ1v) is 7.53. The zero-order valence-corrected chi connectivity index (χ0v) is 13.7. The van der Waals surface area contributed by atoms with Gasteiger partial charge in [-0.15, -0.1) is 0 Å². The lowest BCUT2D eigenvalue weighted by Crippen LogP contribution is -2.18. The van der Waals surface area contributed by atoms with E-state index >= 15 is 0 Å². The first kappa shape index (κ1) is 17.3. The van der Waals surface area contributed by atoms with Crippen LogP contribution in [0.15, 0.2) is 53.6 Å². The Morgan fingerprint density at radius 2 is 1.96 bits per heavy atom. The number of benzene rings is 2. The van der Waals surface area contributed by atoms with Crippen LogP contribution in [-0.2, 0) is 11.3 Å². The summed E-state index contributed by atoms with van der Waals surface area (Å²) >= 11 is 0. The zero-order chi connectivity index (χ0) is 17.2. The summed E-state index contributed by atoms with van der Waals surface area (Å²) in [5, 5.41) is 3.83. The van der Waals surface area contributed by atoms with E-state index in [0.29, 0.717) is 24.7 Å². The summed E-state index contributed by atoms with van der Waals surface area (Å²) in [7, 11) is 1.58.